The van der Waals surface area contributed by atoms with Crippen LogP contribution in [0.2, 0.25) is 0 Å². The number of allylic oxidation sites excluding steroid dienone is 2. The van der Waals surface area contributed by atoms with Crippen LogP contribution in [-0.4, -0.2) is 11.8 Å². The standard InChI is InChI=1S/C14H12N2O2/c15-12(17)11-7-8-5-6-14(11,13(16)18)10-4-2-1-3-9(8)10/h1-7,11H,(H2,15,17)(H2,16,18). The zero-order chi connectivity index (χ0) is 12.9. The fourth-order valence-electron chi connectivity index (χ4n) is 2.90. The topological polar surface area (TPSA) is 86.2 Å². The van der Waals surface area contributed by atoms with Crippen molar-refractivity contribution in [2.45, 2.75) is 5.41 Å². The lowest BCUT2D eigenvalue weighted by atomic mass is 9.60. The Labute approximate surface area is 104 Å². The van der Waals surface area contributed by atoms with Gasteiger partial charge in [-0.1, -0.05) is 42.5 Å². The summed E-state index contributed by atoms with van der Waals surface area (Å²) in [4.78, 5) is 23.5. The molecule has 0 saturated heterocycles. The highest BCUT2D eigenvalue weighted by Gasteiger charge is 2.51. The second-order valence-corrected chi connectivity index (χ2v) is 4.61. The highest BCUT2D eigenvalue weighted by molar-refractivity contribution is 6.04. The molecule has 18 heavy (non-hydrogen) atoms. The first-order valence-corrected chi connectivity index (χ1v) is 5.67. The summed E-state index contributed by atoms with van der Waals surface area (Å²) in [5, 5.41) is 0. The fourth-order valence-corrected chi connectivity index (χ4v) is 2.90. The lowest BCUT2D eigenvalue weighted by Gasteiger charge is -2.41. The Morgan fingerprint density at radius 2 is 1.89 bits per heavy atom. The van der Waals surface area contributed by atoms with E-state index in [4.69, 9.17) is 11.5 Å². The Balaban J connectivity index is 2.35. The number of benzene rings is 1. The summed E-state index contributed by atoms with van der Waals surface area (Å²) in [6, 6.07) is 7.46. The molecule has 0 fully saturated rings. The van der Waals surface area contributed by atoms with E-state index >= 15 is 0 Å². The number of primary amides is 2. The summed E-state index contributed by atoms with van der Waals surface area (Å²) in [6.07, 6.45) is 5.25. The molecule has 0 aliphatic heterocycles. The summed E-state index contributed by atoms with van der Waals surface area (Å²) in [5.41, 5.74) is 12.4. The predicted octanol–water partition coefficient (Wildman–Crippen LogP) is 0.478. The summed E-state index contributed by atoms with van der Waals surface area (Å²) in [6.45, 7) is 0. The maximum atomic E-state index is 11.9. The van der Waals surface area contributed by atoms with E-state index in [1.807, 2.05) is 30.3 Å². The molecule has 2 atom stereocenters. The van der Waals surface area contributed by atoms with Crippen LogP contribution in [0.5, 0.6) is 0 Å². The van der Waals surface area contributed by atoms with Crippen LogP contribution >= 0.6 is 0 Å². The molecule has 2 bridgehead atoms. The van der Waals surface area contributed by atoms with Crippen LogP contribution < -0.4 is 11.5 Å². The Hall–Kier alpha value is -2.36. The van der Waals surface area contributed by atoms with E-state index in [2.05, 4.69) is 0 Å². The fraction of sp³-hybridized carbons (Fsp3) is 0.143. The summed E-state index contributed by atoms with van der Waals surface area (Å²) in [5.74, 6) is -1.79. The molecule has 0 aromatic heterocycles. The first-order chi connectivity index (χ1) is 8.57. The minimum absolute atomic E-state index is 0.537. The molecule has 4 N–H and O–H groups in total. The number of carbonyl (C=O) groups is 2. The Morgan fingerprint density at radius 1 is 1.17 bits per heavy atom. The maximum absolute atomic E-state index is 11.9. The van der Waals surface area contributed by atoms with Crippen LogP contribution in [0, 0.1) is 5.92 Å². The number of hydrogen-bond donors (Lipinski definition) is 2. The number of carbonyl (C=O) groups excluding carboxylic acids is 2. The number of amides is 2. The number of hydrogen-bond acceptors (Lipinski definition) is 2. The van der Waals surface area contributed by atoms with Crippen LogP contribution in [0.4, 0.5) is 0 Å². The van der Waals surface area contributed by atoms with Crippen molar-refractivity contribution in [3.8, 4) is 0 Å². The van der Waals surface area contributed by atoms with Crippen LogP contribution in [-0.2, 0) is 15.0 Å². The molecular formula is C14H12N2O2. The first-order valence-electron chi connectivity index (χ1n) is 5.67. The lowest BCUT2D eigenvalue weighted by molar-refractivity contribution is -0.130. The molecule has 0 radical (unpaired) electrons. The molecule has 1 aromatic rings. The van der Waals surface area contributed by atoms with E-state index in [1.165, 1.54) is 0 Å². The first kappa shape index (κ1) is 10.8. The molecule has 4 rings (SSSR count). The summed E-state index contributed by atoms with van der Waals surface area (Å²) in [7, 11) is 0. The molecule has 2 amide bonds. The van der Waals surface area contributed by atoms with E-state index in [-0.39, 0.29) is 0 Å². The number of fused-ring (bicyclic) bond motifs is 1. The van der Waals surface area contributed by atoms with Crippen LogP contribution in [0.15, 0.2) is 42.5 Å². The highest BCUT2D eigenvalue weighted by Crippen LogP contribution is 2.48. The highest BCUT2D eigenvalue weighted by atomic mass is 16.2. The van der Waals surface area contributed by atoms with Gasteiger partial charge >= 0.3 is 0 Å². The largest absolute Gasteiger partial charge is 0.369 e. The molecule has 90 valence electrons. The van der Waals surface area contributed by atoms with Crippen LogP contribution in [0.3, 0.4) is 0 Å². The van der Waals surface area contributed by atoms with Crippen molar-refractivity contribution in [1.82, 2.24) is 0 Å². The maximum Gasteiger partial charge on any atom is 0.233 e. The van der Waals surface area contributed by atoms with Crippen molar-refractivity contribution in [1.29, 1.82) is 0 Å². The van der Waals surface area contributed by atoms with Crippen molar-refractivity contribution in [2.24, 2.45) is 17.4 Å². The van der Waals surface area contributed by atoms with Crippen molar-refractivity contribution >= 4 is 17.4 Å². The van der Waals surface area contributed by atoms with Gasteiger partial charge in [0.2, 0.25) is 11.8 Å². The van der Waals surface area contributed by atoms with E-state index in [0.29, 0.717) is 0 Å². The molecule has 0 heterocycles. The quantitative estimate of drug-likeness (QED) is 0.787. The normalized spacial score (nSPS) is 27.6. The second kappa shape index (κ2) is 3.32. The summed E-state index contributed by atoms with van der Waals surface area (Å²) < 4.78 is 0. The van der Waals surface area contributed by atoms with Gasteiger partial charge in [0.15, 0.2) is 0 Å². The zero-order valence-electron chi connectivity index (χ0n) is 9.59. The molecule has 2 unspecified atom stereocenters. The van der Waals surface area contributed by atoms with Crippen molar-refractivity contribution in [3.63, 3.8) is 0 Å². The molecule has 3 aliphatic rings. The molecular weight excluding hydrogens is 228 g/mol. The Kier molecular flexibility index (Phi) is 1.99. The second-order valence-electron chi connectivity index (χ2n) is 4.61. The summed E-state index contributed by atoms with van der Waals surface area (Å²) >= 11 is 0. The Morgan fingerprint density at radius 3 is 2.56 bits per heavy atom. The van der Waals surface area contributed by atoms with Crippen LogP contribution in [0.1, 0.15) is 11.1 Å². The predicted molar refractivity (Wildman–Crippen MR) is 67.1 cm³/mol. The van der Waals surface area contributed by atoms with E-state index in [1.54, 1.807) is 12.2 Å². The van der Waals surface area contributed by atoms with E-state index < -0.39 is 23.1 Å². The minimum atomic E-state index is -1.13. The van der Waals surface area contributed by atoms with Gasteiger partial charge in [0.1, 0.15) is 5.41 Å². The van der Waals surface area contributed by atoms with Crippen LogP contribution in [0.25, 0.3) is 5.57 Å². The van der Waals surface area contributed by atoms with Gasteiger partial charge in [0.25, 0.3) is 0 Å². The van der Waals surface area contributed by atoms with Gasteiger partial charge in [-0.15, -0.1) is 0 Å². The third-order valence-electron chi connectivity index (χ3n) is 3.76. The van der Waals surface area contributed by atoms with Crippen molar-refractivity contribution in [2.75, 3.05) is 0 Å². The molecule has 1 aromatic carbocycles. The average molecular weight is 240 g/mol. The number of nitrogens with two attached hydrogens (primary N) is 2. The van der Waals surface area contributed by atoms with Gasteiger partial charge in [-0.2, -0.15) is 0 Å². The smallest absolute Gasteiger partial charge is 0.233 e. The average Bonchev–Trinajstić information content (AvgIpc) is 2.39. The molecule has 3 aliphatic carbocycles. The van der Waals surface area contributed by atoms with Gasteiger partial charge in [-0.05, 0) is 16.7 Å². The minimum Gasteiger partial charge on any atom is -0.369 e. The molecule has 0 saturated carbocycles. The van der Waals surface area contributed by atoms with Gasteiger partial charge in [-0.25, -0.2) is 0 Å². The monoisotopic (exact) mass is 240 g/mol. The van der Waals surface area contributed by atoms with Crippen molar-refractivity contribution < 1.29 is 9.59 Å². The third kappa shape index (κ3) is 1.09. The van der Waals surface area contributed by atoms with Gasteiger partial charge in [-0.3, -0.25) is 9.59 Å². The molecule has 0 spiro atoms. The molecule has 4 nitrogen and oxygen atoms in total. The van der Waals surface area contributed by atoms with Gasteiger partial charge < -0.3 is 11.5 Å². The van der Waals surface area contributed by atoms with Crippen molar-refractivity contribution in [3.05, 3.63) is 53.6 Å². The Bertz CT molecular complexity index is 630. The third-order valence-corrected chi connectivity index (χ3v) is 3.76. The molecule has 4 heteroatoms. The van der Waals surface area contributed by atoms with Gasteiger partial charge in [0.05, 0.1) is 5.92 Å². The lowest BCUT2D eigenvalue weighted by Crippen LogP contribution is -2.53. The van der Waals surface area contributed by atoms with Gasteiger partial charge in [0, 0.05) is 0 Å². The van der Waals surface area contributed by atoms with E-state index in [0.717, 1.165) is 16.7 Å². The SMILES string of the molecule is NC(=O)C1C=C2C=CC1(C(N)=O)c1ccccc12. The zero-order valence-corrected chi connectivity index (χ0v) is 9.59. The van der Waals surface area contributed by atoms with E-state index in [9.17, 15) is 9.59 Å². The number of rotatable bonds is 2.